The zero-order valence-corrected chi connectivity index (χ0v) is 48.8. The molecule has 0 atom stereocenters. The smallest absolute Gasteiger partial charge is 0.000139 e. The second kappa shape index (κ2) is 17.1. The quantitative estimate of drug-likeness (QED) is 0.133. The zero-order chi connectivity index (χ0) is 53.3. The molecule has 0 radical (unpaired) electrons. The Morgan fingerprint density at radius 1 is 0.207 bits per heavy atom. The van der Waals surface area contributed by atoms with Gasteiger partial charge in [0.25, 0.3) is 0 Å². The van der Waals surface area contributed by atoms with E-state index < -0.39 is 0 Å². The molecule has 0 heterocycles. The fourth-order valence-corrected chi connectivity index (χ4v) is 26.1. The van der Waals surface area contributed by atoms with Gasteiger partial charge in [-0.1, -0.05) is 133 Å². The van der Waals surface area contributed by atoms with E-state index in [-0.39, 0.29) is 10.8 Å². The first kappa shape index (κ1) is 47.8. The highest BCUT2D eigenvalue weighted by molar-refractivity contribution is 6.34. The Bertz CT molecular complexity index is 3520. The predicted molar refractivity (Wildman–Crippen MR) is 340 cm³/mol. The van der Waals surface area contributed by atoms with E-state index in [0.29, 0.717) is 10.8 Å². The predicted octanol–water partition coefficient (Wildman–Crippen LogP) is 21.7. The number of rotatable bonds is 8. The van der Waals surface area contributed by atoms with Crippen molar-refractivity contribution in [3.05, 3.63) is 168 Å². The molecule has 16 fully saturated rings. The summed E-state index contributed by atoms with van der Waals surface area (Å²) in [5.41, 5.74) is 19.2. The molecule has 0 nitrogen and oxygen atoms in total. The summed E-state index contributed by atoms with van der Waals surface area (Å²) in [4.78, 5) is 0. The number of hydrogen-bond donors (Lipinski definition) is 0. The fraction of sp³-hybridized carbons (Fsp3) is 0.488. The summed E-state index contributed by atoms with van der Waals surface area (Å²) in [5, 5.41) is 8.78. The van der Waals surface area contributed by atoms with Gasteiger partial charge in [0.05, 0.1) is 0 Å². The largest absolute Gasteiger partial charge is 0.0622 e. The summed E-state index contributed by atoms with van der Waals surface area (Å²) in [7, 11) is 0. The molecular formula is C82H84. The second-order valence-electron chi connectivity index (χ2n) is 32.4. The summed E-state index contributed by atoms with van der Waals surface area (Å²) in [6.45, 7) is 0. The van der Waals surface area contributed by atoms with Crippen molar-refractivity contribution in [3.8, 4) is 44.5 Å². The topological polar surface area (TPSA) is 0 Å². The molecule has 0 aromatic heterocycles. The van der Waals surface area contributed by atoms with Crippen LogP contribution >= 0.6 is 0 Å². The van der Waals surface area contributed by atoms with Crippen LogP contribution in [0.3, 0.4) is 0 Å². The lowest BCUT2D eigenvalue weighted by molar-refractivity contribution is -0.00530. The van der Waals surface area contributed by atoms with E-state index in [2.05, 4.69) is 146 Å². The molecule has 0 aliphatic heterocycles. The van der Waals surface area contributed by atoms with Gasteiger partial charge in [-0.15, -0.1) is 0 Å². The zero-order valence-electron chi connectivity index (χ0n) is 48.8. The molecule has 8 aromatic carbocycles. The van der Waals surface area contributed by atoms with Crippen molar-refractivity contribution in [1.29, 1.82) is 0 Å². The van der Waals surface area contributed by atoms with Gasteiger partial charge in [0.1, 0.15) is 0 Å². The van der Waals surface area contributed by atoms with E-state index in [1.807, 2.05) is 0 Å². The molecule has 0 spiro atoms. The maximum absolute atomic E-state index is 2.83. The van der Waals surface area contributed by atoms with Crippen molar-refractivity contribution in [2.45, 2.75) is 176 Å². The first-order chi connectivity index (χ1) is 40.3. The standard InChI is InChI=1S/C82H84/c1-3-7-61(8-4-1)75-71-35-67(81-43-55-29-56(44-81)31-57(30-55)45-81)19-21-69(71)74(64-13-17-66(18-14-64)80-40-52-26-53(41-80)28-54(27-52)42-80)78-76(62-9-5-2-6-10-62)72-36-68(82-46-58-32-59(47-82)34-60(33-58)48-82)20-22-70(72)73(77(75)78)63-11-15-65(16-12-63)79-37-49-23-50(38-79)25-51(24-49)39-79/h1-22,35-36,49-60H,23-34,37-48H2. The first-order valence-electron chi connectivity index (χ1n) is 34.1. The molecule has 0 unspecified atom stereocenters. The van der Waals surface area contributed by atoms with E-state index in [4.69, 9.17) is 0 Å². The maximum Gasteiger partial charge on any atom is -0.000139 e. The minimum Gasteiger partial charge on any atom is -0.0622 e. The highest BCUT2D eigenvalue weighted by Crippen LogP contribution is 2.66. The first-order valence-corrected chi connectivity index (χ1v) is 34.1. The summed E-state index contributed by atoms with van der Waals surface area (Å²) >= 11 is 0. The van der Waals surface area contributed by atoms with Gasteiger partial charge in [-0.05, 0) is 358 Å². The highest BCUT2D eigenvalue weighted by atomic mass is 14.6. The number of hydrogen-bond acceptors (Lipinski definition) is 0. The molecule has 0 heteroatoms. The van der Waals surface area contributed by atoms with E-state index in [0.717, 1.165) is 71.0 Å². The molecule has 16 aliphatic carbocycles. The summed E-state index contributed by atoms with van der Waals surface area (Å²) in [6, 6.07) is 61.6. The van der Waals surface area contributed by atoms with Crippen molar-refractivity contribution >= 4 is 32.3 Å². The third kappa shape index (κ3) is 6.97. The Morgan fingerprint density at radius 3 is 0.695 bits per heavy atom. The lowest BCUT2D eigenvalue weighted by Gasteiger charge is -2.57. The summed E-state index contributed by atoms with van der Waals surface area (Å²) < 4.78 is 0. The van der Waals surface area contributed by atoms with Gasteiger partial charge in [-0.2, -0.15) is 0 Å². The van der Waals surface area contributed by atoms with Crippen LogP contribution in [0.4, 0.5) is 0 Å². The van der Waals surface area contributed by atoms with Crippen molar-refractivity contribution in [2.24, 2.45) is 71.0 Å². The van der Waals surface area contributed by atoms with Gasteiger partial charge >= 0.3 is 0 Å². The molecule has 16 bridgehead atoms. The van der Waals surface area contributed by atoms with Crippen molar-refractivity contribution in [2.75, 3.05) is 0 Å². The van der Waals surface area contributed by atoms with Gasteiger partial charge in [0.15, 0.2) is 0 Å². The molecule has 0 saturated heterocycles. The van der Waals surface area contributed by atoms with Crippen LogP contribution in [0, 0.1) is 71.0 Å². The van der Waals surface area contributed by atoms with Gasteiger partial charge in [-0.25, -0.2) is 0 Å². The molecule has 24 rings (SSSR count). The molecule has 82 heavy (non-hydrogen) atoms. The highest BCUT2D eigenvalue weighted by Gasteiger charge is 2.55. The van der Waals surface area contributed by atoms with Crippen molar-refractivity contribution in [3.63, 3.8) is 0 Å². The summed E-state index contributed by atoms with van der Waals surface area (Å²) in [5.74, 6) is 10.9. The van der Waals surface area contributed by atoms with Gasteiger partial charge < -0.3 is 0 Å². The van der Waals surface area contributed by atoms with E-state index in [1.165, 1.54) is 231 Å². The normalized spacial score (nSPS) is 38.5. The van der Waals surface area contributed by atoms with Gasteiger partial charge in [0, 0.05) is 0 Å². The van der Waals surface area contributed by atoms with Crippen LogP contribution in [0.1, 0.15) is 176 Å². The SMILES string of the molecule is c1ccc(-c2c3cc(C45CC6CC(CC(C6)C4)C5)ccc3c(-c3ccc(C45CC6CC(CC(C6)C4)C5)cc3)c3c(-c4ccccc4)c4cc(C56CC7CC(CC(C7)C5)C6)ccc4c(-c4ccc(C56CC7CC(CC(C7)C5)C6)cc4)c23)cc1. The summed E-state index contributed by atoms with van der Waals surface area (Å²) in [6.07, 6.45) is 34.5. The van der Waals surface area contributed by atoms with Crippen LogP contribution < -0.4 is 0 Å². The minimum atomic E-state index is 0.285. The Hall–Kier alpha value is -5.46. The average molecular weight is 1070 g/mol. The van der Waals surface area contributed by atoms with Crippen LogP contribution in [-0.2, 0) is 21.7 Å². The molecule has 8 aromatic rings. The third-order valence-corrected chi connectivity index (χ3v) is 27.4. The Labute approximate surface area is 488 Å². The van der Waals surface area contributed by atoms with Crippen LogP contribution in [0.15, 0.2) is 146 Å². The van der Waals surface area contributed by atoms with Crippen LogP contribution in [-0.4, -0.2) is 0 Å². The van der Waals surface area contributed by atoms with Gasteiger partial charge in [-0.3, -0.25) is 0 Å². The van der Waals surface area contributed by atoms with E-state index in [1.54, 1.807) is 22.3 Å². The van der Waals surface area contributed by atoms with Crippen LogP contribution in [0.25, 0.3) is 76.8 Å². The molecule has 412 valence electrons. The Kier molecular flexibility index (Phi) is 9.99. The average Bonchev–Trinajstić information content (AvgIpc) is 3.60. The second-order valence-corrected chi connectivity index (χ2v) is 32.4. The molecular weight excluding hydrogens is 985 g/mol. The van der Waals surface area contributed by atoms with E-state index >= 15 is 0 Å². The number of fused-ring (bicyclic) bond motifs is 3. The molecule has 16 aliphatic rings. The fourth-order valence-electron chi connectivity index (χ4n) is 26.1. The number of benzene rings is 8. The third-order valence-electron chi connectivity index (χ3n) is 27.4. The van der Waals surface area contributed by atoms with E-state index in [9.17, 15) is 0 Å². The van der Waals surface area contributed by atoms with Crippen LogP contribution in [0.2, 0.25) is 0 Å². The monoisotopic (exact) mass is 1070 g/mol. The molecule has 16 saturated carbocycles. The maximum atomic E-state index is 2.83. The molecule has 0 N–H and O–H groups in total. The Balaban J connectivity index is 0.909. The Morgan fingerprint density at radius 2 is 0.427 bits per heavy atom. The lowest BCUT2D eigenvalue weighted by atomic mass is 9.48. The lowest BCUT2D eigenvalue weighted by Crippen LogP contribution is -2.48. The van der Waals surface area contributed by atoms with Crippen LogP contribution in [0.5, 0.6) is 0 Å². The minimum absolute atomic E-state index is 0.285. The van der Waals surface area contributed by atoms with Crippen molar-refractivity contribution in [1.82, 2.24) is 0 Å². The molecule has 0 amide bonds. The van der Waals surface area contributed by atoms with Gasteiger partial charge in [0.2, 0.25) is 0 Å². The van der Waals surface area contributed by atoms with Crippen molar-refractivity contribution < 1.29 is 0 Å².